The first-order valence-corrected chi connectivity index (χ1v) is 6.76. The Morgan fingerprint density at radius 3 is 2.85 bits per heavy atom. The molecule has 0 heterocycles. The molecule has 5 heteroatoms. The third-order valence-corrected chi connectivity index (χ3v) is 3.87. The minimum Gasteiger partial charge on any atom is -0.481 e. The van der Waals surface area contributed by atoms with Crippen molar-refractivity contribution in [1.29, 1.82) is 0 Å². The first-order valence-electron chi connectivity index (χ1n) is 6.76. The minimum absolute atomic E-state index is 0.00914. The molecule has 108 valence electrons. The lowest BCUT2D eigenvalue weighted by Crippen LogP contribution is -2.33. The number of hydrogen-bond donors (Lipinski definition) is 2. The summed E-state index contributed by atoms with van der Waals surface area (Å²) >= 11 is 0. The van der Waals surface area contributed by atoms with Gasteiger partial charge in [-0.05, 0) is 37.8 Å². The highest BCUT2D eigenvalue weighted by atomic mass is 19.1. The quantitative estimate of drug-likeness (QED) is 0.889. The summed E-state index contributed by atoms with van der Waals surface area (Å²) < 4.78 is 13.6. The summed E-state index contributed by atoms with van der Waals surface area (Å²) in [5.41, 5.74) is 0.815. The lowest BCUT2D eigenvalue weighted by Gasteiger charge is -2.16. The first-order chi connectivity index (χ1) is 9.49. The predicted molar refractivity (Wildman–Crippen MR) is 71.9 cm³/mol. The second kappa shape index (κ2) is 6.03. The van der Waals surface area contributed by atoms with E-state index in [1.54, 1.807) is 13.0 Å². The number of aliphatic carboxylic acids is 1. The van der Waals surface area contributed by atoms with Crippen LogP contribution in [0, 0.1) is 24.6 Å². The number of hydrogen-bond acceptors (Lipinski definition) is 2. The van der Waals surface area contributed by atoms with Crippen LogP contribution in [0.5, 0.6) is 0 Å². The largest absolute Gasteiger partial charge is 0.481 e. The number of carboxylic acids is 1. The average molecular weight is 279 g/mol. The fraction of sp³-hybridized carbons (Fsp3) is 0.467. The molecule has 1 aromatic rings. The number of amides is 1. The summed E-state index contributed by atoms with van der Waals surface area (Å²) in [5.74, 6) is -2.33. The van der Waals surface area contributed by atoms with Gasteiger partial charge in [0.1, 0.15) is 5.82 Å². The van der Waals surface area contributed by atoms with Crippen LogP contribution in [0.1, 0.15) is 35.2 Å². The smallest absolute Gasteiger partial charge is 0.306 e. The first kappa shape index (κ1) is 14.5. The zero-order valence-electron chi connectivity index (χ0n) is 11.4. The summed E-state index contributed by atoms with van der Waals surface area (Å²) in [4.78, 5) is 23.0. The third kappa shape index (κ3) is 3.15. The molecule has 0 saturated heterocycles. The molecule has 2 N–H and O–H groups in total. The molecule has 1 aliphatic rings. The van der Waals surface area contributed by atoms with Gasteiger partial charge in [-0.2, -0.15) is 0 Å². The van der Waals surface area contributed by atoms with Crippen molar-refractivity contribution in [2.75, 3.05) is 6.54 Å². The van der Waals surface area contributed by atoms with Gasteiger partial charge in [0, 0.05) is 6.54 Å². The Morgan fingerprint density at radius 1 is 1.40 bits per heavy atom. The van der Waals surface area contributed by atoms with E-state index >= 15 is 0 Å². The fourth-order valence-corrected chi connectivity index (χ4v) is 2.74. The lowest BCUT2D eigenvalue weighted by atomic mass is 9.96. The van der Waals surface area contributed by atoms with Crippen molar-refractivity contribution in [2.45, 2.75) is 26.2 Å². The second-order valence-corrected chi connectivity index (χ2v) is 5.33. The van der Waals surface area contributed by atoms with Gasteiger partial charge in [0.15, 0.2) is 0 Å². The van der Waals surface area contributed by atoms with Crippen molar-refractivity contribution in [3.05, 3.63) is 35.1 Å². The Morgan fingerprint density at radius 2 is 2.15 bits per heavy atom. The highest BCUT2D eigenvalue weighted by molar-refractivity contribution is 5.94. The van der Waals surface area contributed by atoms with Gasteiger partial charge in [-0.15, -0.1) is 0 Å². The molecule has 0 aliphatic heterocycles. The van der Waals surface area contributed by atoms with E-state index in [4.69, 9.17) is 5.11 Å². The molecule has 20 heavy (non-hydrogen) atoms. The van der Waals surface area contributed by atoms with Gasteiger partial charge in [-0.25, -0.2) is 4.39 Å². The van der Waals surface area contributed by atoms with Gasteiger partial charge in [-0.3, -0.25) is 9.59 Å². The zero-order valence-corrected chi connectivity index (χ0v) is 11.4. The Hall–Kier alpha value is -1.91. The van der Waals surface area contributed by atoms with Crippen LogP contribution in [0.25, 0.3) is 0 Å². The Balaban J connectivity index is 1.98. The maximum absolute atomic E-state index is 13.6. The van der Waals surface area contributed by atoms with E-state index in [-0.39, 0.29) is 18.0 Å². The van der Waals surface area contributed by atoms with Crippen LogP contribution >= 0.6 is 0 Å². The van der Waals surface area contributed by atoms with Crippen LogP contribution in [0.15, 0.2) is 18.2 Å². The number of aryl methyl sites for hydroxylation is 1. The molecule has 0 aromatic heterocycles. The van der Waals surface area contributed by atoms with Crippen LogP contribution in [-0.4, -0.2) is 23.5 Å². The second-order valence-electron chi connectivity index (χ2n) is 5.33. The van der Waals surface area contributed by atoms with Crippen molar-refractivity contribution in [2.24, 2.45) is 11.8 Å². The van der Waals surface area contributed by atoms with E-state index in [0.717, 1.165) is 18.4 Å². The molecule has 4 nitrogen and oxygen atoms in total. The van der Waals surface area contributed by atoms with Crippen molar-refractivity contribution >= 4 is 11.9 Å². The van der Waals surface area contributed by atoms with Crippen molar-refractivity contribution in [3.63, 3.8) is 0 Å². The molecule has 0 spiro atoms. The Bertz CT molecular complexity index is 530. The monoisotopic (exact) mass is 279 g/mol. The van der Waals surface area contributed by atoms with E-state index in [0.29, 0.717) is 6.42 Å². The van der Waals surface area contributed by atoms with Gasteiger partial charge in [-0.1, -0.05) is 18.1 Å². The molecule has 1 amide bonds. The van der Waals surface area contributed by atoms with Crippen LogP contribution in [0.4, 0.5) is 4.39 Å². The normalized spacial score (nSPS) is 21.7. The van der Waals surface area contributed by atoms with E-state index in [1.165, 1.54) is 12.1 Å². The fourth-order valence-electron chi connectivity index (χ4n) is 2.74. The number of benzene rings is 1. The number of carboxylic acid groups (broad SMARTS) is 1. The molecular formula is C15H18FNO3. The van der Waals surface area contributed by atoms with E-state index < -0.39 is 23.6 Å². The summed E-state index contributed by atoms with van der Waals surface area (Å²) in [7, 11) is 0. The van der Waals surface area contributed by atoms with Crippen molar-refractivity contribution in [1.82, 2.24) is 5.32 Å². The Kier molecular flexibility index (Phi) is 4.37. The van der Waals surface area contributed by atoms with Gasteiger partial charge in [0.2, 0.25) is 0 Å². The molecular weight excluding hydrogens is 261 g/mol. The van der Waals surface area contributed by atoms with Crippen LogP contribution in [0.2, 0.25) is 0 Å². The summed E-state index contributed by atoms with van der Waals surface area (Å²) in [6.07, 6.45) is 2.29. The zero-order chi connectivity index (χ0) is 14.7. The number of rotatable bonds is 4. The van der Waals surface area contributed by atoms with Crippen molar-refractivity contribution in [3.8, 4) is 0 Å². The van der Waals surface area contributed by atoms with Gasteiger partial charge >= 0.3 is 5.97 Å². The standard InChI is InChI=1S/C15H18FNO3/c1-9-5-6-13(16)12(7-9)14(18)17-8-10-3-2-4-11(10)15(19)20/h5-7,10-11H,2-4,8H2,1H3,(H,17,18)(H,19,20). The highest BCUT2D eigenvalue weighted by Crippen LogP contribution is 2.31. The lowest BCUT2D eigenvalue weighted by molar-refractivity contribution is -0.142. The summed E-state index contributed by atoms with van der Waals surface area (Å²) in [6, 6.07) is 4.36. The maximum atomic E-state index is 13.6. The Labute approximate surface area is 117 Å². The van der Waals surface area contributed by atoms with Crippen LogP contribution in [0.3, 0.4) is 0 Å². The molecule has 1 aliphatic carbocycles. The number of halogens is 1. The van der Waals surface area contributed by atoms with Gasteiger partial charge < -0.3 is 10.4 Å². The predicted octanol–water partition coefficient (Wildman–Crippen LogP) is 2.36. The van der Waals surface area contributed by atoms with E-state index in [1.807, 2.05) is 0 Å². The minimum atomic E-state index is -0.816. The molecule has 1 saturated carbocycles. The molecule has 0 radical (unpaired) electrons. The topological polar surface area (TPSA) is 66.4 Å². The third-order valence-electron chi connectivity index (χ3n) is 3.87. The number of carbonyl (C=O) groups excluding carboxylic acids is 1. The van der Waals surface area contributed by atoms with Gasteiger partial charge in [0.25, 0.3) is 5.91 Å². The summed E-state index contributed by atoms with van der Waals surface area (Å²) in [5, 5.41) is 11.7. The maximum Gasteiger partial charge on any atom is 0.306 e. The van der Waals surface area contributed by atoms with Crippen LogP contribution < -0.4 is 5.32 Å². The molecule has 2 unspecified atom stereocenters. The summed E-state index contributed by atoms with van der Waals surface area (Å²) in [6.45, 7) is 2.07. The van der Waals surface area contributed by atoms with Crippen LogP contribution in [-0.2, 0) is 4.79 Å². The van der Waals surface area contributed by atoms with E-state index in [2.05, 4.69) is 5.32 Å². The number of nitrogens with one attached hydrogen (secondary N) is 1. The molecule has 0 bridgehead atoms. The highest BCUT2D eigenvalue weighted by Gasteiger charge is 2.33. The molecule has 2 rings (SSSR count). The molecule has 2 atom stereocenters. The SMILES string of the molecule is Cc1ccc(F)c(C(=O)NCC2CCCC2C(=O)O)c1. The van der Waals surface area contributed by atoms with Crippen molar-refractivity contribution < 1.29 is 19.1 Å². The number of carbonyl (C=O) groups is 2. The van der Waals surface area contributed by atoms with Gasteiger partial charge in [0.05, 0.1) is 11.5 Å². The van der Waals surface area contributed by atoms with E-state index in [9.17, 15) is 14.0 Å². The molecule has 1 fully saturated rings. The average Bonchev–Trinajstić information content (AvgIpc) is 2.87. The molecule has 1 aromatic carbocycles.